The fourth-order valence-corrected chi connectivity index (χ4v) is 2.32. The molecule has 0 aromatic rings. The van der Waals surface area contributed by atoms with Crippen molar-refractivity contribution in [2.75, 3.05) is 13.2 Å². The molecule has 0 aromatic heterocycles. The molecule has 0 aliphatic carbocycles. The first-order valence-corrected chi connectivity index (χ1v) is 9.50. The lowest BCUT2D eigenvalue weighted by Crippen LogP contribution is -2.52. The molecule has 0 saturated heterocycles. The van der Waals surface area contributed by atoms with Crippen LogP contribution in [0.1, 0.15) is 81.1 Å². The third kappa shape index (κ3) is 9.28. The number of nitrogens with two attached hydrogens (primary N) is 1. The van der Waals surface area contributed by atoms with E-state index in [0.717, 1.165) is 19.3 Å². The van der Waals surface area contributed by atoms with E-state index in [4.69, 9.17) is 10.5 Å². The molecule has 0 saturated carbocycles. The lowest BCUT2D eigenvalue weighted by atomic mass is 9.77. The molecule has 144 valence electrons. The number of hydrogen-bond donors (Lipinski definition) is 3. The molecule has 0 radical (unpaired) electrons. The van der Waals surface area contributed by atoms with Gasteiger partial charge in [-0.1, -0.05) is 41.0 Å². The number of thiol groups is 1. The first-order chi connectivity index (χ1) is 10.7. The summed E-state index contributed by atoms with van der Waals surface area (Å²) in [7, 11) is 0. The van der Waals surface area contributed by atoms with Gasteiger partial charge in [-0.15, -0.1) is 12.6 Å². The first kappa shape index (κ1) is 23.7. The van der Waals surface area contributed by atoms with Crippen LogP contribution in [0.3, 0.4) is 0 Å². The average molecular weight is 361 g/mol. The zero-order valence-corrected chi connectivity index (χ0v) is 18.0. The Morgan fingerprint density at radius 3 is 2.04 bits per heavy atom. The minimum absolute atomic E-state index is 0.0719. The lowest BCUT2D eigenvalue weighted by Gasteiger charge is -2.35. The van der Waals surface area contributed by atoms with E-state index in [9.17, 15) is 4.79 Å². The van der Waals surface area contributed by atoms with Crippen LogP contribution in [0.25, 0.3) is 0 Å². The number of amides is 1. The highest BCUT2D eigenvalue weighted by molar-refractivity contribution is 7.81. The molecule has 1 unspecified atom stereocenters. The van der Waals surface area contributed by atoms with Crippen LogP contribution in [0.2, 0.25) is 0 Å². The van der Waals surface area contributed by atoms with Crippen molar-refractivity contribution in [1.29, 1.82) is 0 Å². The third-order valence-electron chi connectivity index (χ3n) is 4.80. The van der Waals surface area contributed by atoms with Gasteiger partial charge in [-0.25, -0.2) is 0 Å². The van der Waals surface area contributed by atoms with Crippen LogP contribution >= 0.6 is 12.6 Å². The van der Waals surface area contributed by atoms with Gasteiger partial charge in [0.2, 0.25) is 5.91 Å². The first-order valence-electron chi connectivity index (χ1n) is 9.05. The molecule has 0 fully saturated rings. The highest BCUT2D eigenvalue weighted by atomic mass is 32.1. The van der Waals surface area contributed by atoms with E-state index in [-0.39, 0.29) is 11.3 Å². The summed E-state index contributed by atoms with van der Waals surface area (Å²) in [4.78, 5) is 12.2. The van der Waals surface area contributed by atoms with Crippen LogP contribution < -0.4 is 11.1 Å². The summed E-state index contributed by atoms with van der Waals surface area (Å²) < 4.78 is 5.85. The highest BCUT2D eigenvalue weighted by Gasteiger charge is 2.34. The van der Waals surface area contributed by atoms with Gasteiger partial charge in [0.05, 0.1) is 12.1 Å². The maximum absolute atomic E-state index is 12.7. The topological polar surface area (TPSA) is 64.3 Å². The van der Waals surface area contributed by atoms with Crippen molar-refractivity contribution in [1.82, 2.24) is 5.32 Å². The van der Waals surface area contributed by atoms with Gasteiger partial charge in [-0.3, -0.25) is 4.79 Å². The number of rotatable bonds is 11. The van der Waals surface area contributed by atoms with E-state index in [2.05, 4.69) is 38.7 Å². The Bertz CT molecular complexity index is 404. The summed E-state index contributed by atoms with van der Waals surface area (Å²) in [5.41, 5.74) is 4.99. The van der Waals surface area contributed by atoms with Crippen molar-refractivity contribution in [2.24, 2.45) is 16.6 Å². The smallest absolute Gasteiger partial charge is 0.226 e. The number of carbonyl (C=O) groups is 1. The number of carbonyl (C=O) groups excluding carboxylic acids is 1. The predicted octanol–water partition coefficient (Wildman–Crippen LogP) is 4.14. The van der Waals surface area contributed by atoms with E-state index in [1.165, 1.54) is 0 Å². The molecule has 1 atom stereocenters. The molecule has 24 heavy (non-hydrogen) atoms. The summed E-state index contributed by atoms with van der Waals surface area (Å²) in [6, 6.07) is 0. The van der Waals surface area contributed by atoms with E-state index in [0.29, 0.717) is 19.6 Å². The highest BCUT2D eigenvalue weighted by Crippen LogP contribution is 2.33. The van der Waals surface area contributed by atoms with Crippen molar-refractivity contribution in [2.45, 2.75) is 91.5 Å². The summed E-state index contributed by atoms with van der Waals surface area (Å²) in [5.74, 6) is 0.0719. The standard InChI is InChI=1S/C19H40N2O2S/c1-9-16(2,3)10-11-17(4,5)15(22)21-18(6,7)14-23-19(8,24)12-13-20/h24H,9-14,20H2,1-8H3,(H,21,22). The van der Waals surface area contributed by atoms with E-state index in [1.54, 1.807) is 0 Å². The van der Waals surface area contributed by atoms with Crippen LogP contribution in [0.4, 0.5) is 0 Å². The zero-order chi connectivity index (χ0) is 19.2. The van der Waals surface area contributed by atoms with E-state index < -0.39 is 15.9 Å². The molecule has 0 spiro atoms. The molecular weight excluding hydrogens is 320 g/mol. The van der Waals surface area contributed by atoms with Crippen LogP contribution in [-0.2, 0) is 9.53 Å². The Hall–Kier alpha value is -0.260. The Kier molecular flexibility index (Phi) is 8.81. The second kappa shape index (κ2) is 8.91. The monoisotopic (exact) mass is 360 g/mol. The molecule has 0 aliphatic rings. The largest absolute Gasteiger partial charge is 0.362 e. The van der Waals surface area contributed by atoms with Crippen molar-refractivity contribution < 1.29 is 9.53 Å². The summed E-state index contributed by atoms with van der Waals surface area (Å²) in [5, 5.41) is 3.14. The van der Waals surface area contributed by atoms with Crippen LogP contribution in [0.5, 0.6) is 0 Å². The molecule has 3 N–H and O–H groups in total. The Morgan fingerprint density at radius 2 is 1.58 bits per heavy atom. The molecule has 0 heterocycles. The average Bonchev–Trinajstić information content (AvgIpc) is 2.43. The molecule has 5 heteroatoms. The van der Waals surface area contributed by atoms with Gasteiger partial charge in [-0.2, -0.15) is 0 Å². The van der Waals surface area contributed by atoms with Crippen molar-refractivity contribution in [3.05, 3.63) is 0 Å². The van der Waals surface area contributed by atoms with Crippen molar-refractivity contribution >= 4 is 18.5 Å². The minimum atomic E-state index is -0.572. The molecule has 0 aliphatic heterocycles. The normalized spacial score (nSPS) is 15.9. The van der Waals surface area contributed by atoms with Gasteiger partial charge in [0, 0.05) is 5.41 Å². The van der Waals surface area contributed by atoms with E-state index >= 15 is 0 Å². The van der Waals surface area contributed by atoms with E-state index in [1.807, 2.05) is 34.6 Å². The molecular formula is C19H40N2O2S. The fraction of sp³-hybridized carbons (Fsp3) is 0.947. The molecule has 0 bridgehead atoms. The Labute approximate surface area is 155 Å². The maximum Gasteiger partial charge on any atom is 0.226 e. The maximum atomic E-state index is 12.7. The number of nitrogens with one attached hydrogen (secondary N) is 1. The van der Waals surface area contributed by atoms with Gasteiger partial charge < -0.3 is 15.8 Å². The van der Waals surface area contributed by atoms with Gasteiger partial charge >= 0.3 is 0 Å². The second-order valence-electron chi connectivity index (χ2n) is 9.24. The van der Waals surface area contributed by atoms with Crippen molar-refractivity contribution in [3.8, 4) is 0 Å². The summed E-state index contributed by atoms with van der Waals surface area (Å²) in [6.07, 6.45) is 3.68. The number of ether oxygens (including phenoxy) is 1. The molecule has 0 aromatic carbocycles. The third-order valence-corrected chi connectivity index (χ3v) is 5.16. The van der Waals surface area contributed by atoms with Crippen LogP contribution in [0.15, 0.2) is 0 Å². The zero-order valence-electron chi connectivity index (χ0n) is 17.1. The Morgan fingerprint density at radius 1 is 1.04 bits per heavy atom. The molecule has 1 amide bonds. The predicted molar refractivity (Wildman–Crippen MR) is 106 cm³/mol. The van der Waals surface area contributed by atoms with Gasteiger partial charge in [-0.05, 0) is 52.0 Å². The Balaban J connectivity index is 4.64. The second-order valence-corrected chi connectivity index (χ2v) is 10.2. The van der Waals surface area contributed by atoms with Crippen LogP contribution in [0, 0.1) is 10.8 Å². The van der Waals surface area contributed by atoms with Crippen molar-refractivity contribution in [3.63, 3.8) is 0 Å². The van der Waals surface area contributed by atoms with Gasteiger partial charge in [0.15, 0.2) is 0 Å². The van der Waals surface area contributed by atoms with Gasteiger partial charge in [0.1, 0.15) is 4.93 Å². The molecule has 4 nitrogen and oxygen atoms in total. The fourth-order valence-electron chi connectivity index (χ4n) is 2.13. The minimum Gasteiger partial charge on any atom is -0.362 e. The molecule has 0 rings (SSSR count). The summed E-state index contributed by atoms with van der Waals surface area (Å²) in [6.45, 7) is 17.5. The van der Waals surface area contributed by atoms with Crippen LogP contribution in [-0.4, -0.2) is 29.5 Å². The lowest BCUT2D eigenvalue weighted by molar-refractivity contribution is -0.133. The van der Waals surface area contributed by atoms with Gasteiger partial charge in [0.25, 0.3) is 0 Å². The summed E-state index contributed by atoms with van der Waals surface area (Å²) >= 11 is 4.49. The number of hydrogen-bond acceptors (Lipinski definition) is 4. The SMILES string of the molecule is CCC(C)(C)CCC(C)(C)C(=O)NC(C)(C)COC(C)(S)CCN. The quantitative estimate of drug-likeness (QED) is 0.383.